The van der Waals surface area contributed by atoms with Crippen molar-refractivity contribution >= 4 is 44.0 Å². The molecule has 4 nitrogen and oxygen atoms in total. The van der Waals surface area contributed by atoms with E-state index in [-0.39, 0.29) is 4.90 Å². The van der Waals surface area contributed by atoms with Crippen molar-refractivity contribution < 1.29 is 13.2 Å². The van der Waals surface area contributed by atoms with Gasteiger partial charge in [0.05, 0.1) is 4.90 Å². The molecular weight excluding hydrogens is 449 g/mol. The minimum Gasteiger partial charge on any atom is -0.325 e. The highest BCUT2D eigenvalue weighted by molar-refractivity contribution is 14.1. The van der Waals surface area contributed by atoms with E-state index in [2.05, 4.69) is 27.9 Å². The summed E-state index contributed by atoms with van der Waals surface area (Å²) < 4.78 is 26.3. The van der Waals surface area contributed by atoms with Crippen LogP contribution in [0.1, 0.15) is 31.2 Å². The summed E-state index contributed by atoms with van der Waals surface area (Å²) in [4.78, 5) is 13.2. The molecule has 132 valence electrons. The lowest BCUT2D eigenvalue weighted by atomic mass is 10.1. The number of sulfone groups is 1. The lowest BCUT2D eigenvalue weighted by molar-refractivity contribution is -0.118. The Hall–Kier alpha value is -1.41. The van der Waals surface area contributed by atoms with Crippen molar-refractivity contribution in [3.63, 3.8) is 0 Å². The Morgan fingerprint density at radius 1 is 1.00 bits per heavy atom. The average Bonchev–Trinajstić information content (AvgIpc) is 3.09. The minimum absolute atomic E-state index is 0.220. The maximum absolute atomic E-state index is 13.3. The number of hydrogen-bond donors (Lipinski definition) is 1. The van der Waals surface area contributed by atoms with Gasteiger partial charge in [-0.2, -0.15) is 0 Å². The van der Waals surface area contributed by atoms with E-state index in [1.165, 1.54) is 0 Å². The summed E-state index contributed by atoms with van der Waals surface area (Å²) in [5.74, 6) is -0.424. The van der Waals surface area contributed by atoms with Crippen LogP contribution in [0.2, 0.25) is 0 Å². The minimum atomic E-state index is -3.76. The van der Waals surface area contributed by atoms with E-state index in [0.29, 0.717) is 18.5 Å². The number of halogens is 1. The van der Waals surface area contributed by atoms with Gasteiger partial charge in [-0.3, -0.25) is 4.79 Å². The fraction of sp³-hybridized carbons (Fsp3) is 0.316. The van der Waals surface area contributed by atoms with Gasteiger partial charge >= 0.3 is 0 Å². The molecule has 1 fully saturated rings. The highest BCUT2D eigenvalue weighted by Crippen LogP contribution is 2.41. The number of nitrogens with one attached hydrogen (secondary N) is 1. The van der Waals surface area contributed by atoms with Crippen LogP contribution in [0.3, 0.4) is 0 Å². The van der Waals surface area contributed by atoms with E-state index >= 15 is 0 Å². The first-order valence-corrected chi connectivity index (χ1v) is 10.8. The largest absolute Gasteiger partial charge is 0.325 e. The molecule has 0 radical (unpaired) electrons. The fourth-order valence-corrected chi connectivity index (χ4v) is 5.71. The van der Waals surface area contributed by atoms with Crippen LogP contribution in [0.15, 0.2) is 53.4 Å². The van der Waals surface area contributed by atoms with Gasteiger partial charge in [0.25, 0.3) is 0 Å². The van der Waals surface area contributed by atoms with Crippen LogP contribution in [0, 0.1) is 10.5 Å². The van der Waals surface area contributed by atoms with Crippen molar-refractivity contribution in [3.05, 3.63) is 57.7 Å². The summed E-state index contributed by atoms with van der Waals surface area (Å²) in [6.07, 6.45) is 2.20. The fourth-order valence-electron chi connectivity index (χ4n) is 3.29. The second kappa shape index (κ2) is 7.07. The number of amides is 1. The Kier molecular flexibility index (Phi) is 5.20. The molecule has 1 N–H and O–H groups in total. The Balaban J connectivity index is 1.96. The molecule has 0 unspecified atom stereocenters. The first kappa shape index (κ1) is 18.4. The van der Waals surface area contributed by atoms with Gasteiger partial charge in [0.2, 0.25) is 5.91 Å². The van der Waals surface area contributed by atoms with Crippen molar-refractivity contribution in [1.82, 2.24) is 0 Å². The SMILES string of the molecule is Cc1ccc(S(=O)(=O)C2(C(=O)Nc3ccc(I)cc3)CCCC2)cc1. The number of aryl methyl sites for hydroxylation is 1. The molecule has 0 atom stereocenters. The summed E-state index contributed by atoms with van der Waals surface area (Å²) >= 11 is 2.19. The summed E-state index contributed by atoms with van der Waals surface area (Å²) in [6, 6.07) is 14.1. The van der Waals surface area contributed by atoms with Crippen LogP contribution in [-0.4, -0.2) is 19.1 Å². The summed E-state index contributed by atoms with van der Waals surface area (Å²) in [5, 5.41) is 2.82. The topological polar surface area (TPSA) is 63.2 Å². The summed E-state index contributed by atoms with van der Waals surface area (Å²) in [7, 11) is -3.76. The zero-order valence-electron chi connectivity index (χ0n) is 14.0. The van der Waals surface area contributed by atoms with Crippen molar-refractivity contribution in [2.45, 2.75) is 42.2 Å². The van der Waals surface area contributed by atoms with Gasteiger partial charge in [-0.25, -0.2) is 8.42 Å². The van der Waals surface area contributed by atoms with Gasteiger partial charge in [0.15, 0.2) is 14.6 Å². The molecular formula is C19H20INO3S. The number of rotatable bonds is 4. The normalized spacial score (nSPS) is 16.6. The second-order valence-electron chi connectivity index (χ2n) is 6.48. The van der Waals surface area contributed by atoms with Crippen molar-refractivity contribution in [2.24, 2.45) is 0 Å². The third-order valence-corrected chi connectivity index (χ3v) is 8.01. The van der Waals surface area contributed by atoms with Crippen LogP contribution in [0.4, 0.5) is 5.69 Å². The Morgan fingerprint density at radius 2 is 1.56 bits per heavy atom. The van der Waals surface area contributed by atoms with E-state index in [0.717, 1.165) is 22.0 Å². The van der Waals surface area contributed by atoms with Crippen molar-refractivity contribution in [3.8, 4) is 0 Å². The molecule has 0 aromatic heterocycles. The first-order valence-electron chi connectivity index (χ1n) is 8.23. The molecule has 1 aliphatic rings. The maximum atomic E-state index is 13.3. The highest BCUT2D eigenvalue weighted by Gasteiger charge is 2.52. The molecule has 0 saturated heterocycles. The van der Waals surface area contributed by atoms with Crippen molar-refractivity contribution in [1.29, 1.82) is 0 Å². The van der Waals surface area contributed by atoms with Gasteiger partial charge in [-0.15, -0.1) is 0 Å². The number of hydrogen-bond acceptors (Lipinski definition) is 3. The molecule has 6 heteroatoms. The lowest BCUT2D eigenvalue weighted by Gasteiger charge is -2.27. The third-order valence-electron chi connectivity index (χ3n) is 4.77. The van der Waals surface area contributed by atoms with Crippen LogP contribution in [-0.2, 0) is 14.6 Å². The van der Waals surface area contributed by atoms with Gasteiger partial charge in [0.1, 0.15) is 0 Å². The number of carbonyl (C=O) groups excluding carboxylic acids is 1. The Bertz CT molecular complexity index is 868. The van der Waals surface area contributed by atoms with E-state index in [4.69, 9.17) is 0 Å². The van der Waals surface area contributed by atoms with Gasteiger partial charge < -0.3 is 5.32 Å². The van der Waals surface area contributed by atoms with Crippen LogP contribution < -0.4 is 5.32 Å². The predicted molar refractivity (Wildman–Crippen MR) is 107 cm³/mol. The molecule has 1 saturated carbocycles. The van der Waals surface area contributed by atoms with Crippen LogP contribution in [0.25, 0.3) is 0 Å². The van der Waals surface area contributed by atoms with Crippen LogP contribution in [0.5, 0.6) is 0 Å². The molecule has 0 bridgehead atoms. The smallest absolute Gasteiger partial charge is 0.246 e. The summed E-state index contributed by atoms with van der Waals surface area (Å²) in [5.41, 5.74) is 1.61. The van der Waals surface area contributed by atoms with E-state index in [1.807, 2.05) is 19.1 Å². The van der Waals surface area contributed by atoms with Gasteiger partial charge in [0, 0.05) is 9.26 Å². The van der Waals surface area contributed by atoms with E-state index in [9.17, 15) is 13.2 Å². The Morgan fingerprint density at radius 3 is 2.12 bits per heavy atom. The molecule has 0 spiro atoms. The quantitative estimate of drug-likeness (QED) is 0.679. The monoisotopic (exact) mass is 469 g/mol. The molecule has 0 heterocycles. The molecule has 1 aliphatic carbocycles. The van der Waals surface area contributed by atoms with Crippen LogP contribution >= 0.6 is 22.6 Å². The van der Waals surface area contributed by atoms with E-state index in [1.54, 1.807) is 36.4 Å². The zero-order chi connectivity index (χ0) is 18.1. The molecule has 1 amide bonds. The number of carbonyl (C=O) groups is 1. The van der Waals surface area contributed by atoms with E-state index < -0.39 is 20.5 Å². The molecule has 25 heavy (non-hydrogen) atoms. The second-order valence-corrected chi connectivity index (χ2v) is 9.98. The summed E-state index contributed by atoms with van der Waals surface area (Å²) in [6.45, 7) is 1.91. The molecule has 3 rings (SSSR count). The first-order chi connectivity index (χ1) is 11.8. The highest BCUT2D eigenvalue weighted by atomic mass is 127. The maximum Gasteiger partial charge on any atom is 0.246 e. The molecule has 2 aromatic carbocycles. The predicted octanol–water partition coefficient (Wildman–Crippen LogP) is 4.32. The van der Waals surface area contributed by atoms with Gasteiger partial charge in [-0.05, 0) is 78.8 Å². The number of anilines is 1. The lowest BCUT2D eigenvalue weighted by Crippen LogP contribution is -2.47. The molecule has 2 aromatic rings. The van der Waals surface area contributed by atoms with Gasteiger partial charge in [-0.1, -0.05) is 30.5 Å². The average molecular weight is 469 g/mol. The number of benzene rings is 2. The molecule has 0 aliphatic heterocycles. The zero-order valence-corrected chi connectivity index (χ0v) is 16.9. The van der Waals surface area contributed by atoms with Crippen molar-refractivity contribution in [2.75, 3.05) is 5.32 Å². The standard InChI is InChI=1S/C19H20INO3S/c1-14-4-10-17(11-5-14)25(23,24)19(12-2-3-13-19)18(22)21-16-8-6-15(20)7-9-16/h4-11H,2-3,12-13H2,1H3,(H,21,22). The Labute approximate surface area is 162 Å². The third kappa shape index (κ3) is 3.46.